The molecule has 5 nitrogen and oxygen atoms in total. The van der Waals surface area contributed by atoms with E-state index in [-0.39, 0.29) is 17.7 Å². The molecule has 1 aliphatic heterocycles. The van der Waals surface area contributed by atoms with Gasteiger partial charge in [0, 0.05) is 12.0 Å². The molecule has 0 unspecified atom stereocenters. The zero-order valence-electron chi connectivity index (χ0n) is 16.1. The molecule has 0 aromatic heterocycles. The molecule has 0 radical (unpaired) electrons. The van der Waals surface area contributed by atoms with Crippen LogP contribution < -0.4 is 14.8 Å². The average molecular weight is 373 g/mol. The third kappa shape index (κ3) is 4.08. The Bertz CT molecular complexity index is 675. The van der Waals surface area contributed by atoms with Gasteiger partial charge in [-0.05, 0) is 43.4 Å². The molecule has 148 valence electrons. The smallest absolute Gasteiger partial charge is 0.222 e. The molecule has 1 amide bonds. The standard InChI is InChI=1S/C22H31NO4/c24-20(15-22(25)10-2-1-3-11-22)23-16-21(8-4-5-9-21)17-6-7-18-19(14-17)27-13-12-26-18/h6-7,14,25H,1-5,8-13,15-16H2,(H,23,24). The normalized spacial score (nSPS) is 23.0. The summed E-state index contributed by atoms with van der Waals surface area (Å²) in [6.45, 7) is 1.80. The summed E-state index contributed by atoms with van der Waals surface area (Å²) in [5, 5.41) is 13.8. The molecular formula is C22H31NO4. The van der Waals surface area contributed by atoms with Gasteiger partial charge in [0.1, 0.15) is 13.2 Å². The molecule has 2 aliphatic carbocycles. The third-order valence-electron chi connectivity index (χ3n) is 6.61. The number of fused-ring (bicyclic) bond motifs is 1. The number of aliphatic hydroxyl groups is 1. The SMILES string of the molecule is O=C(CC1(O)CCCCC1)NCC1(c2ccc3c(c2)OCCO3)CCCC1. The monoisotopic (exact) mass is 373 g/mol. The van der Waals surface area contributed by atoms with Gasteiger partial charge in [0.25, 0.3) is 0 Å². The maximum atomic E-state index is 12.6. The maximum absolute atomic E-state index is 12.6. The van der Waals surface area contributed by atoms with Crippen LogP contribution in [0.5, 0.6) is 11.5 Å². The van der Waals surface area contributed by atoms with E-state index in [2.05, 4.69) is 17.4 Å². The molecule has 4 rings (SSSR count). The Morgan fingerprint density at radius 3 is 2.37 bits per heavy atom. The number of rotatable bonds is 5. The summed E-state index contributed by atoms with van der Waals surface area (Å²) in [4.78, 5) is 12.6. The molecule has 1 heterocycles. The first-order valence-corrected chi connectivity index (χ1v) is 10.5. The molecule has 2 saturated carbocycles. The van der Waals surface area contributed by atoms with E-state index < -0.39 is 5.60 Å². The number of hydrogen-bond acceptors (Lipinski definition) is 4. The van der Waals surface area contributed by atoms with Gasteiger partial charge >= 0.3 is 0 Å². The fourth-order valence-electron chi connectivity index (χ4n) is 5.01. The third-order valence-corrected chi connectivity index (χ3v) is 6.61. The highest BCUT2D eigenvalue weighted by Gasteiger charge is 2.38. The summed E-state index contributed by atoms with van der Waals surface area (Å²) in [7, 11) is 0. The number of hydrogen-bond donors (Lipinski definition) is 2. The van der Waals surface area contributed by atoms with E-state index in [0.717, 1.165) is 56.4 Å². The molecule has 5 heteroatoms. The summed E-state index contributed by atoms with van der Waals surface area (Å²) in [6, 6.07) is 6.22. The Morgan fingerprint density at radius 2 is 1.63 bits per heavy atom. The van der Waals surface area contributed by atoms with Crippen LogP contribution in [-0.4, -0.2) is 36.4 Å². The van der Waals surface area contributed by atoms with Crippen molar-refractivity contribution >= 4 is 5.91 Å². The van der Waals surface area contributed by atoms with E-state index in [9.17, 15) is 9.90 Å². The second kappa shape index (κ2) is 7.70. The van der Waals surface area contributed by atoms with Gasteiger partial charge in [-0.1, -0.05) is 38.2 Å². The molecule has 0 saturated heterocycles. The lowest BCUT2D eigenvalue weighted by Gasteiger charge is -2.34. The van der Waals surface area contributed by atoms with Crippen LogP contribution in [0.15, 0.2) is 18.2 Å². The van der Waals surface area contributed by atoms with E-state index in [4.69, 9.17) is 9.47 Å². The minimum Gasteiger partial charge on any atom is -0.486 e. The van der Waals surface area contributed by atoms with Crippen LogP contribution in [0.4, 0.5) is 0 Å². The van der Waals surface area contributed by atoms with Gasteiger partial charge in [0.05, 0.1) is 12.0 Å². The van der Waals surface area contributed by atoms with Crippen molar-refractivity contribution < 1.29 is 19.4 Å². The summed E-state index contributed by atoms with van der Waals surface area (Å²) in [6.07, 6.45) is 9.40. The predicted octanol–water partition coefficient (Wildman–Crippen LogP) is 3.47. The summed E-state index contributed by atoms with van der Waals surface area (Å²) < 4.78 is 11.4. The molecule has 0 atom stereocenters. The minimum atomic E-state index is -0.803. The zero-order chi connectivity index (χ0) is 18.7. The maximum Gasteiger partial charge on any atom is 0.222 e. The lowest BCUT2D eigenvalue weighted by atomic mass is 9.78. The average Bonchev–Trinajstić information content (AvgIpc) is 3.16. The highest BCUT2D eigenvalue weighted by atomic mass is 16.6. The lowest BCUT2D eigenvalue weighted by molar-refractivity contribution is -0.127. The van der Waals surface area contributed by atoms with Crippen LogP contribution in [0.25, 0.3) is 0 Å². The molecule has 0 bridgehead atoms. The van der Waals surface area contributed by atoms with Crippen molar-refractivity contribution in [3.63, 3.8) is 0 Å². The van der Waals surface area contributed by atoms with Gasteiger partial charge in [0.2, 0.25) is 5.91 Å². The van der Waals surface area contributed by atoms with Crippen LogP contribution in [0.1, 0.15) is 69.8 Å². The van der Waals surface area contributed by atoms with Crippen molar-refractivity contribution in [3.05, 3.63) is 23.8 Å². The van der Waals surface area contributed by atoms with Gasteiger partial charge in [0.15, 0.2) is 11.5 Å². The summed E-state index contributed by atoms with van der Waals surface area (Å²) in [5.74, 6) is 1.60. The van der Waals surface area contributed by atoms with E-state index in [1.165, 1.54) is 18.4 Å². The molecule has 2 fully saturated rings. The van der Waals surface area contributed by atoms with E-state index in [1.807, 2.05) is 6.07 Å². The lowest BCUT2D eigenvalue weighted by Crippen LogP contribution is -2.43. The largest absolute Gasteiger partial charge is 0.486 e. The van der Waals surface area contributed by atoms with Crippen LogP contribution >= 0.6 is 0 Å². The highest BCUT2D eigenvalue weighted by molar-refractivity contribution is 5.77. The number of nitrogens with one attached hydrogen (secondary N) is 1. The van der Waals surface area contributed by atoms with Crippen molar-refractivity contribution in [2.75, 3.05) is 19.8 Å². The Hall–Kier alpha value is -1.75. The van der Waals surface area contributed by atoms with Crippen LogP contribution in [0, 0.1) is 0 Å². The first-order chi connectivity index (χ1) is 13.1. The molecular weight excluding hydrogens is 342 g/mol. The fourth-order valence-corrected chi connectivity index (χ4v) is 5.01. The van der Waals surface area contributed by atoms with Crippen molar-refractivity contribution in [3.8, 4) is 11.5 Å². The number of ether oxygens (including phenoxy) is 2. The first kappa shape index (κ1) is 18.6. The first-order valence-electron chi connectivity index (χ1n) is 10.5. The quantitative estimate of drug-likeness (QED) is 0.829. The minimum absolute atomic E-state index is 0.0248. The highest BCUT2D eigenvalue weighted by Crippen LogP contribution is 2.44. The number of carbonyl (C=O) groups excluding carboxylic acids is 1. The van der Waals surface area contributed by atoms with Gasteiger partial charge in [-0.15, -0.1) is 0 Å². The molecule has 1 aromatic rings. The number of benzene rings is 1. The second-order valence-corrected chi connectivity index (χ2v) is 8.58. The van der Waals surface area contributed by atoms with Crippen LogP contribution in [0.2, 0.25) is 0 Å². The molecule has 0 spiro atoms. The molecule has 3 aliphatic rings. The van der Waals surface area contributed by atoms with Gasteiger partial charge in [-0.3, -0.25) is 4.79 Å². The zero-order valence-corrected chi connectivity index (χ0v) is 16.1. The fraction of sp³-hybridized carbons (Fsp3) is 0.682. The topological polar surface area (TPSA) is 67.8 Å². The second-order valence-electron chi connectivity index (χ2n) is 8.58. The molecule has 2 N–H and O–H groups in total. The van der Waals surface area contributed by atoms with E-state index in [0.29, 0.717) is 19.8 Å². The van der Waals surface area contributed by atoms with Crippen molar-refractivity contribution in [1.82, 2.24) is 5.32 Å². The van der Waals surface area contributed by atoms with E-state index in [1.54, 1.807) is 0 Å². The molecule has 1 aromatic carbocycles. The van der Waals surface area contributed by atoms with Gasteiger partial charge in [-0.25, -0.2) is 0 Å². The predicted molar refractivity (Wildman–Crippen MR) is 103 cm³/mol. The summed E-state index contributed by atoms with van der Waals surface area (Å²) >= 11 is 0. The Morgan fingerprint density at radius 1 is 0.963 bits per heavy atom. The van der Waals surface area contributed by atoms with Crippen molar-refractivity contribution in [1.29, 1.82) is 0 Å². The number of amides is 1. The van der Waals surface area contributed by atoms with Crippen molar-refractivity contribution in [2.45, 2.75) is 75.2 Å². The van der Waals surface area contributed by atoms with E-state index >= 15 is 0 Å². The summed E-state index contributed by atoms with van der Waals surface area (Å²) in [5.41, 5.74) is 0.379. The Balaban J connectivity index is 1.44. The van der Waals surface area contributed by atoms with Crippen LogP contribution in [0.3, 0.4) is 0 Å². The van der Waals surface area contributed by atoms with Gasteiger partial charge in [-0.2, -0.15) is 0 Å². The van der Waals surface area contributed by atoms with Gasteiger partial charge < -0.3 is 19.9 Å². The van der Waals surface area contributed by atoms with Crippen molar-refractivity contribution in [2.24, 2.45) is 0 Å². The van der Waals surface area contributed by atoms with Crippen LogP contribution in [-0.2, 0) is 10.2 Å². The number of carbonyl (C=O) groups is 1. The Labute approximate surface area is 161 Å². The molecule has 27 heavy (non-hydrogen) atoms. The Kier molecular flexibility index (Phi) is 5.31.